The summed E-state index contributed by atoms with van der Waals surface area (Å²) in [6, 6.07) is 63.8. The van der Waals surface area contributed by atoms with Gasteiger partial charge in [0.05, 0.1) is 56.6 Å². The molecular weight excluding hydrogens is 671 g/mol. The highest BCUT2D eigenvalue weighted by Gasteiger charge is 2.22. The second kappa shape index (κ2) is 11.8. The minimum Gasteiger partial charge on any atom is -0.309 e. The third-order valence-corrected chi connectivity index (χ3v) is 11.1. The highest BCUT2D eigenvalue weighted by atomic mass is 15.0. The van der Waals surface area contributed by atoms with Crippen LogP contribution in [0.5, 0.6) is 0 Å². The molecule has 0 atom stereocenters. The van der Waals surface area contributed by atoms with E-state index in [4.69, 9.17) is 6.57 Å². The van der Waals surface area contributed by atoms with E-state index in [1.807, 2.05) is 42.5 Å². The van der Waals surface area contributed by atoms with E-state index < -0.39 is 0 Å². The first-order valence-corrected chi connectivity index (χ1v) is 18.3. The summed E-state index contributed by atoms with van der Waals surface area (Å²) < 4.78 is 6.89. The zero-order valence-corrected chi connectivity index (χ0v) is 29.5. The predicted molar refractivity (Wildman–Crippen MR) is 226 cm³/mol. The summed E-state index contributed by atoms with van der Waals surface area (Å²) in [5.41, 5.74) is 12.3. The number of hydrogen-bond donors (Lipinski definition) is 0. The quantitative estimate of drug-likeness (QED) is 0.169. The van der Waals surface area contributed by atoms with Crippen molar-refractivity contribution in [3.63, 3.8) is 0 Å². The van der Waals surface area contributed by atoms with Gasteiger partial charge >= 0.3 is 0 Å². The molecule has 0 unspecified atom stereocenters. The summed E-state index contributed by atoms with van der Waals surface area (Å²) in [6.07, 6.45) is 0. The summed E-state index contributed by atoms with van der Waals surface area (Å²) in [5, 5.41) is 17.9. The van der Waals surface area contributed by atoms with Crippen LogP contribution in [0.3, 0.4) is 0 Å². The van der Waals surface area contributed by atoms with Crippen LogP contribution in [0, 0.1) is 17.9 Å². The van der Waals surface area contributed by atoms with Crippen LogP contribution in [-0.2, 0) is 0 Å². The Labute approximate surface area is 316 Å². The first-order chi connectivity index (χ1) is 27.2. The highest BCUT2D eigenvalue weighted by Crippen LogP contribution is 2.42. The van der Waals surface area contributed by atoms with Crippen LogP contribution in [0.2, 0.25) is 0 Å². The minimum absolute atomic E-state index is 0.582. The van der Waals surface area contributed by atoms with E-state index in [1.165, 1.54) is 16.2 Å². The lowest BCUT2D eigenvalue weighted by Gasteiger charge is -2.18. The molecule has 0 bridgehead atoms. The van der Waals surface area contributed by atoms with Crippen molar-refractivity contribution in [2.24, 2.45) is 0 Å². The normalized spacial score (nSPS) is 11.6. The van der Waals surface area contributed by atoms with Gasteiger partial charge in [0.2, 0.25) is 0 Å². The van der Waals surface area contributed by atoms with Gasteiger partial charge in [-0.3, -0.25) is 0 Å². The Morgan fingerprint density at radius 1 is 0.400 bits per heavy atom. The van der Waals surface area contributed by atoms with E-state index in [0.29, 0.717) is 11.3 Å². The molecule has 0 saturated carbocycles. The molecule has 3 aromatic heterocycles. The molecule has 5 heteroatoms. The zero-order chi connectivity index (χ0) is 36.6. The Morgan fingerprint density at radius 3 is 1.53 bits per heavy atom. The molecule has 8 aromatic carbocycles. The fraction of sp³-hybridized carbons (Fsp3) is 0. The zero-order valence-electron chi connectivity index (χ0n) is 29.5. The van der Waals surface area contributed by atoms with Gasteiger partial charge in [-0.1, -0.05) is 115 Å². The average Bonchev–Trinajstić information content (AvgIpc) is 3.88. The summed E-state index contributed by atoms with van der Waals surface area (Å²) in [5.74, 6) is 0. The van der Waals surface area contributed by atoms with Gasteiger partial charge in [0.15, 0.2) is 5.69 Å². The van der Waals surface area contributed by atoms with E-state index >= 15 is 0 Å². The van der Waals surface area contributed by atoms with Crippen LogP contribution in [0.4, 0.5) is 5.69 Å². The first kappa shape index (κ1) is 30.7. The Hall–Kier alpha value is -7.86. The average molecular weight is 700 g/mol. The van der Waals surface area contributed by atoms with Gasteiger partial charge in [-0.2, -0.15) is 5.26 Å². The minimum atomic E-state index is 0.582. The van der Waals surface area contributed by atoms with Gasteiger partial charge in [-0.05, 0) is 66.0 Å². The molecule has 0 spiro atoms. The maximum atomic E-state index is 11.1. The van der Waals surface area contributed by atoms with Crippen molar-refractivity contribution in [3.05, 3.63) is 193 Å². The number of nitrogens with zero attached hydrogens (tertiary/aromatic N) is 5. The maximum Gasteiger partial charge on any atom is 0.188 e. The Kier molecular flexibility index (Phi) is 6.61. The molecule has 254 valence electrons. The Morgan fingerprint density at radius 2 is 0.891 bits per heavy atom. The lowest BCUT2D eigenvalue weighted by molar-refractivity contribution is 1.15. The van der Waals surface area contributed by atoms with Gasteiger partial charge in [0.25, 0.3) is 0 Å². The van der Waals surface area contributed by atoms with Crippen LogP contribution in [0.1, 0.15) is 5.56 Å². The molecule has 11 aromatic rings. The van der Waals surface area contributed by atoms with E-state index in [1.54, 1.807) is 0 Å². The molecule has 0 aliphatic rings. The summed E-state index contributed by atoms with van der Waals surface area (Å²) in [7, 11) is 0. The molecule has 0 saturated heterocycles. The van der Waals surface area contributed by atoms with Crippen molar-refractivity contribution in [2.75, 3.05) is 0 Å². The molecule has 0 fully saturated rings. The predicted octanol–water partition coefficient (Wildman–Crippen LogP) is 13.1. The topological polar surface area (TPSA) is 42.9 Å². The van der Waals surface area contributed by atoms with Gasteiger partial charge in [0.1, 0.15) is 6.07 Å². The third kappa shape index (κ3) is 4.39. The largest absolute Gasteiger partial charge is 0.309 e. The van der Waals surface area contributed by atoms with E-state index in [9.17, 15) is 5.26 Å². The molecule has 5 nitrogen and oxygen atoms in total. The molecule has 0 aliphatic carbocycles. The summed E-state index contributed by atoms with van der Waals surface area (Å²) in [4.78, 5) is 3.71. The Balaban J connectivity index is 1.18. The van der Waals surface area contributed by atoms with Gasteiger partial charge in [0, 0.05) is 43.7 Å². The van der Waals surface area contributed by atoms with E-state index in [2.05, 4.69) is 158 Å². The molecule has 0 radical (unpaired) electrons. The van der Waals surface area contributed by atoms with Crippen molar-refractivity contribution < 1.29 is 0 Å². The van der Waals surface area contributed by atoms with Crippen LogP contribution < -0.4 is 0 Å². The second-order valence-electron chi connectivity index (χ2n) is 13.9. The number of aromatic nitrogens is 3. The standard InChI is InChI=1S/C50H29N5/c1-52-32-25-28-49-41(29-32)39-17-6-11-23-47(39)54(49)48-24-12-18-34(42(48)31-51)35-13-2-9-21-45(35)55-46-22-10-5-16-38(46)40-27-26-33(30-50(40)55)53-43-19-7-3-14-36(43)37-15-4-8-20-44(37)53/h2-30H. The van der Waals surface area contributed by atoms with Gasteiger partial charge < -0.3 is 13.7 Å². The fourth-order valence-electron chi connectivity index (χ4n) is 8.81. The number of fused-ring (bicyclic) bond motifs is 9. The van der Waals surface area contributed by atoms with Crippen LogP contribution in [-0.4, -0.2) is 13.7 Å². The molecule has 3 heterocycles. The number of benzene rings is 8. The van der Waals surface area contributed by atoms with Crippen LogP contribution in [0.25, 0.3) is 98.5 Å². The number of para-hydroxylation sites is 5. The molecular formula is C50H29N5. The first-order valence-electron chi connectivity index (χ1n) is 18.3. The Bertz CT molecular complexity index is 3420. The lowest BCUT2D eigenvalue weighted by atomic mass is 9.96. The third-order valence-electron chi connectivity index (χ3n) is 11.1. The SMILES string of the molecule is [C-]#[N+]c1ccc2c(c1)c1ccccc1n2-c1cccc(-c2ccccc2-n2c3ccccc3c3ccc(-n4c5ccccc5c5ccccc54)cc32)c1C#N. The second-order valence-corrected chi connectivity index (χ2v) is 13.9. The van der Waals surface area contributed by atoms with Gasteiger partial charge in [-0.25, -0.2) is 4.85 Å². The van der Waals surface area contributed by atoms with Crippen molar-refractivity contribution in [3.8, 4) is 34.3 Å². The van der Waals surface area contributed by atoms with Crippen molar-refractivity contribution >= 4 is 71.1 Å². The maximum absolute atomic E-state index is 11.1. The van der Waals surface area contributed by atoms with Crippen LogP contribution in [0.15, 0.2) is 176 Å². The molecule has 55 heavy (non-hydrogen) atoms. The number of rotatable bonds is 4. The summed E-state index contributed by atoms with van der Waals surface area (Å²) >= 11 is 0. The number of hydrogen-bond acceptors (Lipinski definition) is 1. The van der Waals surface area contributed by atoms with Crippen molar-refractivity contribution in [1.82, 2.24) is 13.7 Å². The smallest absolute Gasteiger partial charge is 0.188 e. The van der Waals surface area contributed by atoms with E-state index in [0.717, 1.165) is 77.4 Å². The molecule has 0 N–H and O–H groups in total. The molecule has 11 rings (SSSR count). The lowest BCUT2D eigenvalue weighted by Crippen LogP contribution is -2.02. The molecule has 0 aliphatic heterocycles. The van der Waals surface area contributed by atoms with Crippen LogP contribution >= 0.6 is 0 Å². The monoisotopic (exact) mass is 699 g/mol. The van der Waals surface area contributed by atoms with E-state index in [-0.39, 0.29) is 0 Å². The van der Waals surface area contributed by atoms with Crippen molar-refractivity contribution in [2.45, 2.75) is 0 Å². The summed E-state index contributed by atoms with van der Waals surface area (Å²) in [6.45, 7) is 7.65. The number of nitriles is 1. The van der Waals surface area contributed by atoms with Gasteiger partial charge in [-0.15, -0.1) is 0 Å². The van der Waals surface area contributed by atoms with Crippen molar-refractivity contribution in [1.29, 1.82) is 5.26 Å². The highest BCUT2D eigenvalue weighted by molar-refractivity contribution is 6.13. The fourth-order valence-corrected chi connectivity index (χ4v) is 8.81. The molecule has 0 amide bonds.